The van der Waals surface area contributed by atoms with Crippen LogP contribution < -0.4 is 11.1 Å². The van der Waals surface area contributed by atoms with Gasteiger partial charge in [-0.25, -0.2) is 0 Å². The van der Waals surface area contributed by atoms with Crippen molar-refractivity contribution in [1.82, 2.24) is 9.78 Å². The number of halogens is 1. The largest absolute Gasteiger partial charge is 0.399 e. The number of aromatic nitrogens is 2. The highest BCUT2D eigenvalue weighted by atomic mass is 127. The van der Waals surface area contributed by atoms with Crippen molar-refractivity contribution in [3.63, 3.8) is 0 Å². The van der Waals surface area contributed by atoms with Crippen molar-refractivity contribution in [3.05, 3.63) is 39.7 Å². The first-order valence-corrected chi connectivity index (χ1v) is 6.46. The lowest BCUT2D eigenvalue weighted by molar-refractivity contribution is -0.116. The number of hydrogen-bond donors (Lipinski definition) is 2. The van der Waals surface area contributed by atoms with Crippen LogP contribution in [0, 0.1) is 10.5 Å². The van der Waals surface area contributed by atoms with Gasteiger partial charge in [-0.2, -0.15) is 5.10 Å². The summed E-state index contributed by atoms with van der Waals surface area (Å²) < 4.78 is 2.60. The molecule has 0 aliphatic rings. The third-order valence-electron chi connectivity index (χ3n) is 2.44. The zero-order valence-corrected chi connectivity index (χ0v) is 12.0. The molecule has 0 aliphatic heterocycles. The molecule has 0 bridgehead atoms. The Morgan fingerprint density at radius 2 is 2.33 bits per heavy atom. The van der Waals surface area contributed by atoms with E-state index in [9.17, 15) is 4.79 Å². The summed E-state index contributed by atoms with van der Waals surface area (Å²) in [6.45, 7) is 2.11. The van der Waals surface area contributed by atoms with Gasteiger partial charge in [0.1, 0.15) is 6.54 Å². The molecule has 94 valence electrons. The average Bonchev–Trinajstić information content (AvgIpc) is 2.69. The average molecular weight is 356 g/mol. The molecule has 0 saturated carbocycles. The van der Waals surface area contributed by atoms with Crippen LogP contribution in [0.25, 0.3) is 0 Å². The molecule has 6 heteroatoms. The van der Waals surface area contributed by atoms with E-state index in [0.29, 0.717) is 5.69 Å². The summed E-state index contributed by atoms with van der Waals surface area (Å²) >= 11 is 2.15. The van der Waals surface area contributed by atoms with Gasteiger partial charge in [0.25, 0.3) is 0 Å². The third-order valence-corrected chi connectivity index (χ3v) is 3.00. The maximum atomic E-state index is 11.8. The monoisotopic (exact) mass is 356 g/mol. The van der Waals surface area contributed by atoms with Crippen molar-refractivity contribution in [2.45, 2.75) is 13.5 Å². The fourth-order valence-corrected chi connectivity index (χ4v) is 1.98. The van der Waals surface area contributed by atoms with Crippen LogP contribution >= 0.6 is 22.6 Å². The number of benzene rings is 1. The van der Waals surface area contributed by atoms with Gasteiger partial charge >= 0.3 is 0 Å². The van der Waals surface area contributed by atoms with Crippen molar-refractivity contribution in [2.75, 3.05) is 11.1 Å². The second-order valence-corrected chi connectivity index (χ2v) is 5.22. The molecule has 1 aromatic heterocycles. The Balaban J connectivity index is 2.05. The molecule has 0 atom stereocenters. The van der Waals surface area contributed by atoms with Gasteiger partial charge < -0.3 is 11.1 Å². The number of carbonyl (C=O) groups is 1. The normalized spacial score (nSPS) is 10.3. The van der Waals surface area contributed by atoms with Crippen molar-refractivity contribution in [3.8, 4) is 0 Å². The van der Waals surface area contributed by atoms with Gasteiger partial charge in [0, 0.05) is 17.6 Å². The Morgan fingerprint density at radius 1 is 1.56 bits per heavy atom. The van der Waals surface area contributed by atoms with Crippen LogP contribution in [0.1, 0.15) is 5.56 Å². The molecule has 0 unspecified atom stereocenters. The number of aryl methyl sites for hydroxylation is 1. The lowest BCUT2D eigenvalue weighted by Crippen LogP contribution is -2.19. The van der Waals surface area contributed by atoms with E-state index in [1.54, 1.807) is 23.0 Å². The van der Waals surface area contributed by atoms with Gasteiger partial charge in [0.15, 0.2) is 0 Å². The second kappa shape index (κ2) is 5.38. The summed E-state index contributed by atoms with van der Waals surface area (Å²) in [5, 5.41) is 6.89. The highest BCUT2D eigenvalue weighted by Gasteiger charge is 2.06. The quantitative estimate of drug-likeness (QED) is 0.653. The number of nitrogen functional groups attached to an aromatic ring is 1. The second-order valence-electron chi connectivity index (χ2n) is 3.98. The van der Waals surface area contributed by atoms with E-state index in [4.69, 9.17) is 5.73 Å². The number of carbonyl (C=O) groups excluding carboxylic acids is 1. The molecule has 1 heterocycles. The van der Waals surface area contributed by atoms with Crippen LogP contribution in [0.3, 0.4) is 0 Å². The van der Waals surface area contributed by atoms with Gasteiger partial charge in [0.2, 0.25) is 5.91 Å². The fourth-order valence-electron chi connectivity index (χ4n) is 1.54. The van der Waals surface area contributed by atoms with Crippen molar-refractivity contribution < 1.29 is 4.79 Å². The molecule has 2 rings (SSSR count). The first kappa shape index (κ1) is 12.9. The molecule has 18 heavy (non-hydrogen) atoms. The molecule has 0 saturated heterocycles. The van der Waals surface area contributed by atoms with Crippen molar-refractivity contribution in [1.29, 1.82) is 0 Å². The molecule has 5 nitrogen and oxygen atoms in total. The Kier molecular flexibility index (Phi) is 3.85. The van der Waals surface area contributed by atoms with Gasteiger partial charge in [-0.3, -0.25) is 9.48 Å². The molecule has 0 fully saturated rings. The Hall–Kier alpha value is -1.57. The van der Waals surface area contributed by atoms with E-state index in [2.05, 4.69) is 33.0 Å². The minimum atomic E-state index is -0.122. The van der Waals surface area contributed by atoms with E-state index in [-0.39, 0.29) is 12.5 Å². The topological polar surface area (TPSA) is 72.9 Å². The summed E-state index contributed by atoms with van der Waals surface area (Å²) in [4.78, 5) is 11.8. The molecule has 0 spiro atoms. The fraction of sp³-hybridized carbons (Fsp3) is 0.167. The number of anilines is 2. The van der Waals surface area contributed by atoms with E-state index < -0.39 is 0 Å². The zero-order valence-electron chi connectivity index (χ0n) is 9.85. The zero-order chi connectivity index (χ0) is 13.1. The van der Waals surface area contributed by atoms with Gasteiger partial charge in [-0.15, -0.1) is 0 Å². The highest BCUT2D eigenvalue weighted by molar-refractivity contribution is 14.1. The number of nitrogens with two attached hydrogens (primary N) is 1. The van der Waals surface area contributed by atoms with E-state index in [0.717, 1.165) is 14.8 Å². The first-order chi connectivity index (χ1) is 8.54. The van der Waals surface area contributed by atoms with Crippen LogP contribution in [0.15, 0.2) is 30.6 Å². The van der Waals surface area contributed by atoms with Crippen LogP contribution in [0.2, 0.25) is 0 Å². The van der Waals surface area contributed by atoms with Crippen LogP contribution in [-0.4, -0.2) is 15.7 Å². The predicted molar refractivity (Wildman–Crippen MR) is 79.2 cm³/mol. The third kappa shape index (κ3) is 3.22. The lowest BCUT2D eigenvalue weighted by atomic mass is 10.2. The van der Waals surface area contributed by atoms with Crippen LogP contribution in [0.5, 0.6) is 0 Å². The number of nitrogens with one attached hydrogen (secondary N) is 1. The van der Waals surface area contributed by atoms with Crippen LogP contribution in [0.4, 0.5) is 11.4 Å². The summed E-state index contributed by atoms with van der Waals surface area (Å²) in [5.74, 6) is -0.122. The molecule has 2 aromatic rings. The molecule has 1 amide bonds. The van der Waals surface area contributed by atoms with Gasteiger partial charge in [0.05, 0.1) is 9.77 Å². The summed E-state index contributed by atoms with van der Waals surface area (Å²) in [6.07, 6.45) is 3.52. The van der Waals surface area contributed by atoms with Gasteiger partial charge in [-0.1, -0.05) is 6.07 Å². The SMILES string of the molecule is Cc1ccc(N)cc1NC(=O)Cn1cc(I)cn1. The molecular weight excluding hydrogens is 343 g/mol. The lowest BCUT2D eigenvalue weighted by Gasteiger charge is -2.09. The summed E-state index contributed by atoms with van der Waals surface area (Å²) in [7, 11) is 0. The predicted octanol–water partition coefficient (Wildman–Crippen LogP) is 2.02. The molecule has 0 aliphatic carbocycles. The minimum Gasteiger partial charge on any atom is -0.399 e. The van der Waals surface area contributed by atoms with Gasteiger partial charge in [-0.05, 0) is 47.2 Å². The van der Waals surface area contributed by atoms with E-state index in [1.165, 1.54) is 0 Å². The molecule has 1 aromatic carbocycles. The highest BCUT2D eigenvalue weighted by Crippen LogP contribution is 2.18. The molecule has 0 radical (unpaired) electrons. The van der Waals surface area contributed by atoms with Crippen molar-refractivity contribution in [2.24, 2.45) is 0 Å². The smallest absolute Gasteiger partial charge is 0.246 e. The molecule has 3 N–H and O–H groups in total. The first-order valence-electron chi connectivity index (χ1n) is 5.38. The molecular formula is C12H13IN4O. The maximum absolute atomic E-state index is 11.8. The maximum Gasteiger partial charge on any atom is 0.246 e. The van der Waals surface area contributed by atoms with Crippen LogP contribution in [-0.2, 0) is 11.3 Å². The Bertz CT molecular complexity index is 579. The standard InChI is InChI=1S/C12H13IN4O/c1-8-2-3-10(14)4-11(8)16-12(18)7-17-6-9(13)5-15-17/h2-6H,7,14H2,1H3,(H,16,18). The Morgan fingerprint density at radius 3 is 3.00 bits per heavy atom. The number of nitrogens with zero attached hydrogens (tertiary/aromatic N) is 2. The van der Waals surface area contributed by atoms with Crippen molar-refractivity contribution >= 4 is 39.9 Å². The number of amides is 1. The number of hydrogen-bond acceptors (Lipinski definition) is 3. The number of rotatable bonds is 3. The summed E-state index contributed by atoms with van der Waals surface area (Å²) in [5.41, 5.74) is 8.04. The Labute approximate surface area is 119 Å². The minimum absolute atomic E-state index is 0.122. The summed E-state index contributed by atoms with van der Waals surface area (Å²) in [6, 6.07) is 5.43. The van der Waals surface area contributed by atoms with E-state index in [1.807, 2.05) is 19.2 Å². The van der Waals surface area contributed by atoms with E-state index >= 15 is 0 Å².